The molecule has 282 valence electrons. The van der Waals surface area contributed by atoms with Crippen LogP contribution in [0.4, 0.5) is 0 Å². The first kappa shape index (κ1) is 38.6. The summed E-state index contributed by atoms with van der Waals surface area (Å²) in [5, 5.41) is 11.4. The summed E-state index contributed by atoms with van der Waals surface area (Å²) < 4.78 is 0. The molecule has 5 rings (SSSR count). The van der Waals surface area contributed by atoms with Crippen molar-refractivity contribution in [2.75, 3.05) is 40.3 Å². The number of benzene rings is 1. The van der Waals surface area contributed by atoms with Crippen LogP contribution in [0, 0.1) is 12.8 Å². The molecule has 0 spiro atoms. The number of H-pyrrole nitrogens is 2. The molecule has 3 aromatic heterocycles. The number of para-hydroxylation sites is 1. The van der Waals surface area contributed by atoms with Crippen molar-refractivity contribution in [1.82, 2.24) is 50.6 Å². The first-order chi connectivity index (χ1) is 25.2. The van der Waals surface area contributed by atoms with Gasteiger partial charge in [0, 0.05) is 61.8 Å². The Morgan fingerprint density at radius 2 is 1.66 bits per heavy atom. The molecule has 4 heterocycles. The Kier molecular flexibility index (Phi) is 12.3. The summed E-state index contributed by atoms with van der Waals surface area (Å²) in [6.45, 7) is 6.53. The normalized spacial score (nSPS) is 20.3. The van der Waals surface area contributed by atoms with Crippen LogP contribution in [0.2, 0.25) is 0 Å². The topological polar surface area (TPSA) is 206 Å². The minimum absolute atomic E-state index is 0.00701. The van der Waals surface area contributed by atoms with Gasteiger partial charge in [0.1, 0.15) is 28.5 Å². The molecule has 0 fully saturated rings. The number of nitrogens with one attached hydrogen (secondary N) is 5. The van der Waals surface area contributed by atoms with E-state index in [1.54, 1.807) is 18.5 Å². The van der Waals surface area contributed by atoms with Crippen LogP contribution in [0.5, 0.6) is 0 Å². The standard InChI is InChI=1S/C36H46N10O6S/c1-20(2)13-26-33-43-28(18-53-33)32(49)42-27(14-23-15-37-25-10-8-7-9-24(23)25)35(51)45(6)16-29(47)40-22(4)34(50)44(5)11-12-46(17-30(48)41-26)36(52)31-21(3)38-19-39-31/h7-10,15,18-20,22,26-27,37H,11-14,16-17H2,1-6H3,(H,38,39)(H,40,47)(H,41,48)(H,42,49)/t22-,26-,27+/m0/s1. The highest BCUT2D eigenvalue weighted by atomic mass is 32.1. The molecular formula is C36H46N10O6S. The van der Waals surface area contributed by atoms with Crippen LogP contribution in [0.25, 0.3) is 10.9 Å². The molecule has 53 heavy (non-hydrogen) atoms. The summed E-state index contributed by atoms with van der Waals surface area (Å²) in [5.74, 6) is -2.97. The lowest BCUT2D eigenvalue weighted by Gasteiger charge is -2.28. The molecule has 0 aliphatic carbocycles. The van der Waals surface area contributed by atoms with E-state index in [0.29, 0.717) is 17.1 Å². The van der Waals surface area contributed by atoms with Gasteiger partial charge in [0.25, 0.3) is 11.8 Å². The molecule has 16 nitrogen and oxygen atoms in total. The number of rotatable bonds is 5. The quantitative estimate of drug-likeness (QED) is 0.203. The Morgan fingerprint density at radius 3 is 2.38 bits per heavy atom. The number of imidazole rings is 1. The third-order valence-corrected chi connectivity index (χ3v) is 10.00. The fraction of sp³-hybridized carbons (Fsp3) is 0.444. The molecule has 5 N–H and O–H groups in total. The van der Waals surface area contributed by atoms with Crippen molar-refractivity contribution < 1.29 is 28.8 Å². The molecule has 0 unspecified atom stereocenters. The molecule has 17 heteroatoms. The molecule has 0 radical (unpaired) electrons. The first-order valence-corrected chi connectivity index (χ1v) is 18.3. The molecule has 4 aromatic rings. The van der Waals surface area contributed by atoms with Crippen molar-refractivity contribution in [3.63, 3.8) is 0 Å². The van der Waals surface area contributed by atoms with Gasteiger partial charge >= 0.3 is 0 Å². The summed E-state index contributed by atoms with van der Waals surface area (Å²) in [4.78, 5) is 100. The number of aryl methyl sites for hydroxylation is 1. The largest absolute Gasteiger partial charge is 0.361 e. The zero-order valence-corrected chi connectivity index (χ0v) is 31.5. The lowest BCUT2D eigenvalue weighted by atomic mass is 10.0. The molecule has 2 bridgehead atoms. The molecule has 3 atom stereocenters. The predicted molar refractivity (Wildman–Crippen MR) is 198 cm³/mol. The number of aromatic amines is 2. The van der Waals surface area contributed by atoms with Crippen LogP contribution in [0.1, 0.15) is 70.5 Å². The van der Waals surface area contributed by atoms with E-state index in [1.807, 2.05) is 38.1 Å². The minimum Gasteiger partial charge on any atom is -0.361 e. The van der Waals surface area contributed by atoms with Crippen LogP contribution in [0.15, 0.2) is 42.2 Å². The first-order valence-electron chi connectivity index (χ1n) is 17.4. The number of nitrogens with zero attached hydrogens (tertiary/aromatic N) is 5. The van der Waals surface area contributed by atoms with Crippen molar-refractivity contribution in [2.45, 2.75) is 58.7 Å². The fourth-order valence-electron chi connectivity index (χ4n) is 6.21. The lowest BCUT2D eigenvalue weighted by Crippen LogP contribution is -2.53. The average Bonchev–Trinajstić information content (AvgIpc) is 3.88. The van der Waals surface area contributed by atoms with Crippen LogP contribution < -0.4 is 16.0 Å². The van der Waals surface area contributed by atoms with Gasteiger partial charge in [-0.15, -0.1) is 11.3 Å². The number of thiazole rings is 1. The fourth-order valence-corrected chi connectivity index (χ4v) is 7.07. The maximum absolute atomic E-state index is 13.9. The van der Waals surface area contributed by atoms with Gasteiger partial charge in [-0.2, -0.15) is 0 Å². The van der Waals surface area contributed by atoms with Crippen LogP contribution in [0.3, 0.4) is 0 Å². The Bertz CT molecular complexity index is 1980. The highest BCUT2D eigenvalue weighted by molar-refractivity contribution is 7.09. The molecule has 1 aromatic carbocycles. The molecule has 0 saturated carbocycles. The third kappa shape index (κ3) is 9.46. The van der Waals surface area contributed by atoms with Crippen molar-refractivity contribution in [3.8, 4) is 0 Å². The van der Waals surface area contributed by atoms with Gasteiger partial charge in [-0.1, -0.05) is 32.0 Å². The van der Waals surface area contributed by atoms with E-state index < -0.39 is 53.6 Å². The monoisotopic (exact) mass is 746 g/mol. The van der Waals surface area contributed by atoms with E-state index in [2.05, 4.69) is 35.9 Å². The molecule has 1 aliphatic rings. The second-order valence-corrected chi connectivity index (χ2v) is 14.6. The maximum atomic E-state index is 13.9. The number of aromatic nitrogens is 4. The van der Waals surface area contributed by atoms with Crippen LogP contribution in [-0.4, -0.2) is 122 Å². The second-order valence-electron chi connectivity index (χ2n) is 13.8. The molecule has 6 amide bonds. The van der Waals surface area contributed by atoms with Gasteiger partial charge in [0.05, 0.1) is 25.5 Å². The Hall–Kier alpha value is -5.58. The van der Waals surface area contributed by atoms with Gasteiger partial charge in [-0.3, -0.25) is 28.8 Å². The van der Waals surface area contributed by atoms with Crippen LogP contribution in [-0.2, 0) is 25.6 Å². The second kappa shape index (κ2) is 16.8. The van der Waals surface area contributed by atoms with Crippen LogP contribution >= 0.6 is 11.3 Å². The van der Waals surface area contributed by atoms with Crippen molar-refractivity contribution in [1.29, 1.82) is 0 Å². The number of amides is 6. The van der Waals surface area contributed by atoms with Crippen molar-refractivity contribution in [2.24, 2.45) is 5.92 Å². The highest BCUT2D eigenvalue weighted by Gasteiger charge is 2.31. The SMILES string of the molecule is Cc1[nH]cnc1C(=O)N1CCN(C)C(=O)[C@H](C)NC(=O)CN(C)C(=O)[C@@H](Cc2c[nH]c3ccccc23)NC(=O)c2csc(n2)[C@H](CC(C)C)NC(=O)C1. The molecule has 1 aliphatic heterocycles. The summed E-state index contributed by atoms with van der Waals surface area (Å²) in [6, 6.07) is 4.97. The number of hydrogen-bond donors (Lipinski definition) is 5. The number of hydrogen-bond acceptors (Lipinski definition) is 9. The van der Waals surface area contributed by atoms with Gasteiger partial charge < -0.3 is 40.6 Å². The smallest absolute Gasteiger partial charge is 0.274 e. The Balaban J connectivity index is 1.47. The minimum atomic E-state index is -1.07. The van der Waals surface area contributed by atoms with E-state index in [4.69, 9.17) is 0 Å². The number of fused-ring (bicyclic) bond motifs is 3. The van der Waals surface area contributed by atoms with E-state index in [9.17, 15) is 28.8 Å². The van der Waals surface area contributed by atoms with E-state index >= 15 is 0 Å². The summed E-state index contributed by atoms with van der Waals surface area (Å²) >= 11 is 1.20. The maximum Gasteiger partial charge on any atom is 0.274 e. The number of carbonyl (C=O) groups is 6. The van der Waals surface area contributed by atoms with Crippen molar-refractivity contribution in [3.05, 3.63) is 69.8 Å². The zero-order chi connectivity index (χ0) is 38.4. The van der Waals surface area contributed by atoms with Crippen molar-refractivity contribution >= 4 is 57.7 Å². The van der Waals surface area contributed by atoms with Gasteiger partial charge in [-0.25, -0.2) is 9.97 Å². The van der Waals surface area contributed by atoms with Gasteiger partial charge in [0.2, 0.25) is 23.6 Å². The summed E-state index contributed by atoms with van der Waals surface area (Å²) in [5.41, 5.74) is 2.40. The summed E-state index contributed by atoms with van der Waals surface area (Å²) in [7, 11) is 2.99. The summed E-state index contributed by atoms with van der Waals surface area (Å²) in [6.07, 6.45) is 3.79. The number of carbonyl (C=O) groups excluding carboxylic acids is 6. The van der Waals surface area contributed by atoms with Gasteiger partial charge in [0.15, 0.2) is 0 Å². The van der Waals surface area contributed by atoms with Gasteiger partial charge in [-0.05, 0) is 37.8 Å². The average molecular weight is 747 g/mol. The lowest BCUT2D eigenvalue weighted by molar-refractivity contribution is -0.138. The Morgan fingerprint density at radius 1 is 0.925 bits per heavy atom. The Labute approximate surface area is 311 Å². The number of likely N-dealkylation sites (N-methyl/N-ethyl adjacent to an activating group) is 2. The van der Waals surface area contributed by atoms with E-state index in [-0.39, 0.29) is 49.9 Å². The predicted octanol–water partition coefficient (Wildman–Crippen LogP) is 1.78. The molecular weight excluding hydrogens is 701 g/mol. The molecule has 0 saturated heterocycles. The van der Waals surface area contributed by atoms with E-state index in [1.165, 1.54) is 53.4 Å². The highest BCUT2D eigenvalue weighted by Crippen LogP contribution is 2.25. The zero-order valence-electron chi connectivity index (χ0n) is 30.7. The third-order valence-electron chi connectivity index (χ3n) is 9.04. The van der Waals surface area contributed by atoms with E-state index in [0.717, 1.165) is 16.5 Å².